The van der Waals surface area contributed by atoms with E-state index < -0.39 is 0 Å². The maximum absolute atomic E-state index is 13.0. The van der Waals surface area contributed by atoms with E-state index in [0.29, 0.717) is 30.2 Å². The van der Waals surface area contributed by atoms with Gasteiger partial charge in [-0.3, -0.25) is 14.9 Å². The smallest absolute Gasteiger partial charge is 0.272 e. The lowest BCUT2D eigenvalue weighted by atomic mass is 10.1. The van der Waals surface area contributed by atoms with E-state index in [1.807, 2.05) is 54.6 Å². The molecule has 1 N–H and O–H groups in total. The van der Waals surface area contributed by atoms with Gasteiger partial charge in [0.25, 0.3) is 5.91 Å². The van der Waals surface area contributed by atoms with E-state index in [1.165, 1.54) is 0 Å². The minimum Gasteiger partial charge on any atom is -0.496 e. The maximum Gasteiger partial charge on any atom is 0.272 e. The second-order valence-corrected chi connectivity index (χ2v) is 7.48. The molecule has 0 spiro atoms. The molecule has 1 amide bonds. The zero-order valence-electron chi connectivity index (χ0n) is 17.1. The quantitative estimate of drug-likeness (QED) is 0.535. The molecule has 7 nitrogen and oxygen atoms in total. The van der Waals surface area contributed by atoms with Crippen LogP contribution < -0.4 is 9.47 Å². The molecule has 0 aliphatic carbocycles. The first-order valence-corrected chi connectivity index (χ1v) is 10.2. The van der Waals surface area contributed by atoms with Gasteiger partial charge in [-0.1, -0.05) is 30.3 Å². The van der Waals surface area contributed by atoms with Gasteiger partial charge in [0.1, 0.15) is 28.8 Å². The minimum atomic E-state index is -0.0872. The van der Waals surface area contributed by atoms with Crippen molar-refractivity contribution in [1.82, 2.24) is 20.1 Å². The van der Waals surface area contributed by atoms with Gasteiger partial charge in [-0.05, 0) is 30.3 Å². The van der Waals surface area contributed by atoms with Crippen LogP contribution in [0.25, 0.3) is 22.2 Å². The van der Waals surface area contributed by atoms with Crippen molar-refractivity contribution in [2.75, 3.05) is 20.2 Å². The number of ether oxygens (including phenoxy) is 2. The highest BCUT2D eigenvalue weighted by atomic mass is 16.5. The predicted octanol–water partition coefficient (Wildman–Crippen LogP) is 3.93. The molecule has 3 heterocycles. The van der Waals surface area contributed by atoms with Crippen molar-refractivity contribution in [2.45, 2.75) is 12.5 Å². The molecule has 1 atom stereocenters. The van der Waals surface area contributed by atoms with Crippen LogP contribution in [0.4, 0.5) is 0 Å². The van der Waals surface area contributed by atoms with Gasteiger partial charge in [0, 0.05) is 30.1 Å². The van der Waals surface area contributed by atoms with Gasteiger partial charge in [0.2, 0.25) is 0 Å². The molecule has 0 bridgehead atoms. The highest BCUT2D eigenvalue weighted by Gasteiger charge is 2.30. The fraction of sp³-hybridized carbons (Fsp3) is 0.208. The largest absolute Gasteiger partial charge is 0.496 e. The van der Waals surface area contributed by atoms with Gasteiger partial charge >= 0.3 is 0 Å². The van der Waals surface area contributed by atoms with Crippen LogP contribution in [-0.4, -0.2) is 52.3 Å². The Bertz CT molecular complexity index is 1230. The molecule has 2 aromatic heterocycles. The summed E-state index contributed by atoms with van der Waals surface area (Å²) in [5.74, 6) is 1.37. The zero-order chi connectivity index (χ0) is 21.2. The molecule has 156 valence electrons. The van der Waals surface area contributed by atoms with Crippen LogP contribution in [0.15, 0.2) is 66.9 Å². The van der Waals surface area contributed by atoms with Gasteiger partial charge in [-0.15, -0.1) is 0 Å². The number of carbonyl (C=O) groups excluding carboxylic acids is 1. The highest BCUT2D eigenvalue weighted by molar-refractivity contribution is 5.93. The van der Waals surface area contributed by atoms with Crippen LogP contribution in [-0.2, 0) is 0 Å². The van der Waals surface area contributed by atoms with E-state index in [-0.39, 0.29) is 12.0 Å². The summed E-state index contributed by atoms with van der Waals surface area (Å²) < 4.78 is 11.6. The summed E-state index contributed by atoms with van der Waals surface area (Å²) in [6, 6.07) is 19.2. The number of hydrogen-bond donors (Lipinski definition) is 1. The van der Waals surface area contributed by atoms with Crippen molar-refractivity contribution in [3.63, 3.8) is 0 Å². The molecule has 1 aliphatic rings. The molecular weight excluding hydrogens is 392 g/mol. The summed E-state index contributed by atoms with van der Waals surface area (Å²) >= 11 is 0. The average Bonchev–Trinajstić information content (AvgIpc) is 3.49. The van der Waals surface area contributed by atoms with Crippen LogP contribution in [0.3, 0.4) is 0 Å². The van der Waals surface area contributed by atoms with Crippen molar-refractivity contribution in [3.05, 3.63) is 72.6 Å². The zero-order valence-corrected chi connectivity index (χ0v) is 17.1. The summed E-state index contributed by atoms with van der Waals surface area (Å²) in [6.45, 7) is 1.15. The van der Waals surface area contributed by atoms with Crippen LogP contribution in [0.1, 0.15) is 16.9 Å². The Hall–Kier alpha value is -3.87. The lowest BCUT2D eigenvalue weighted by molar-refractivity contribution is 0.0767. The van der Waals surface area contributed by atoms with Crippen molar-refractivity contribution >= 4 is 16.8 Å². The summed E-state index contributed by atoms with van der Waals surface area (Å²) in [5, 5.41) is 8.22. The van der Waals surface area contributed by atoms with E-state index >= 15 is 0 Å². The first-order valence-electron chi connectivity index (χ1n) is 10.2. The SMILES string of the molecule is COc1ccccc1-c1cc(C(=O)N2CCC(Oc3cccc4cccnc34)C2)[nH]n1. The van der Waals surface area contributed by atoms with Crippen LogP contribution in [0, 0.1) is 0 Å². The molecule has 2 aromatic carbocycles. The summed E-state index contributed by atoms with van der Waals surface area (Å²) in [4.78, 5) is 19.2. The third kappa shape index (κ3) is 3.70. The van der Waals surface area contributed by atoms with Crippen LogP contribution in [0.2, 0.25) is 0 Å². The Labute approximate surface area is 179 Å². The summed E-state index contributed by atoms with van der Waals surface area (Å²) in [5.41, 5.74) is 2.80. The Morgan fingerprint density at radius 3 is 2.84 bits per heavy atom. The number of carbonyl (C=O) groups is 1. The number of nitrogens with zero attached hydrogens (tertiary/aromatic N) is 3. The van der Waals surface area contributed by atoms with Gasteiger partial charge in [-0.2, -0.15) is 5.10 Å². The predicted molar refractivity (Wildman–Crippen MR) is 117 cm³/mol. The number of fused-ring (bicyclic) bond motifs is 1. The molecular formula is C24H22N4O3. The number of H-pyrrole nitrogens is 1. The molecule has 1 unspecified atom stereocenters. The van der Waals surface area contributed by atoms with Gasteiger partial charge in [0.05, 0.1) is 19.3 Å². The van der Waals surface area contributed by atoms with E-state index in [0.717, 1.165) is 28.6 Å². The summed E-state index contributed by atoms with van der Waals surface area (Å²) in [6.07, 6.45) is 2.45. The standard InChI is InChI=1S/C24H22N4O3/c1-30-21-9-3-2-8-18(21)19-14-20(27-26-19)24(29)28-13-11-17(15-28)31-22-10-4-6-16-7-5-12-25-23(16)22/h2-10,12,14,17H,11,13,15H2,1H3,(H,26,27). The molecule has 5 rings (SSSR count). The number of hydrogen-bond acceptors (Lipinski definition) is 5. The lowest BCUT2D eigenvalue weighted by Gasteiger charge is -2.17. The van der Waals surface area contributed by atoms with E-state index in [9.17, 15) is 4.79 Å². The Morgan fingerprint density at radius 1 is 1.10 bits per heavy atom. The fourth-order valence-electron chi connectivity index (χ4n) is 3.96. The van der Waals surface area contributed by atoms with Crippen molar-refractivity contribution in [1.29, 1.82) is 0 Å². The molecule has 1 aliphatic heterocycles. The number of benzene rings is 2. The summed E-state index contributed by atoms with van der Waals surface area (Å²) in [7, 11) is 1.62. The number of pyridine rings is 1. The first kappa shape index (κ1) is 19.1. The Kier molecular flexibility index (Phi) is 5.00. The number of amides is 1. The van der Waals surface area contributed by atoms with Crippen molar-refractivity contribution in [2.24, 2.45) is 0 Å². The third-order valence-corrected chi connectivity index (χ3v) is 5.51. The monoisotopic (exact) mass is 414 g/mol. The minimum absolute atomic E-state index is 0.0758. The normalized spacial score (nSPS) is 15.9. The van der Waals surface area contributed by atoms with Crippen molar-refractivity contribution < 1.29 is 14.3 Å². The molecule has 1 saturated heterocycles. The van der Waals surface area contributed by atoms with Gasteiger partial charge in [0.15, 0.2) is 0 Å². The van der Waals surface area contributed by atoms with Gasteiger partial charge in [-0.25, -0.2) is 0 Å². The second kappa shape index (κ2) is 8.10. The number of nitrogens with one attached hydrogen (secondary N) is 1. The molecule has 0 radical (unpaired) electrons. The van der Waals surface area contributed by atoms with E-state index in [1.54, 1.807) is 24.3 Å². The number of rotatable bonds is 5. The number of methoxy groups -OCH3 is 1. The number of aromatic amines is 1. The first-order chi connectivity index (χ1) is 15.2. The third-order valence-electron chi connectivity index (χ3n) is 5.51. The van der Waals surface area contributed by atoms with Crippen LogP contribution >= 0.6 is 0 Å². The second-order valence-electron chi connectivity index (χ2n) is 7.48. The Morgan fingerprint density at radius 2 is 1.94 bits per heavy atom. The van der Waals surface area contributed by atoms with Crippen LogP contribution in [0.5, 0.6) is 11.5 Å². The molecule has 1 fully saturated rings. The fourth-order valence-corrected chi connectivity index (χ4v) is 3.96. The van der Waals surface area contributed by atoms with Crippen molar-refractivity contribution in [3.8, 4) is 22.8 Å². The average molecular weight is 414 g/mol. The van der Waals surface area contributed by atoms with E-state index in [4.69, 9.17) is 9.47 Å². The number of para-hydroxylation sites is 2. The lowest BCUT2D eigenvalue weighted by Crippen LogP contribution is -2.31. The number of aromatic nitrogens is 3. The Balaban J connectivity index is 1.29. The molecule has 0 saturated carbocycles. The molecule has 31 heavy (non-hydrogen) atoms. The van der Waals surface area contributed by atoms with Gasteiger partial charge < -0.3 is 14.4 Å². The number of likely N-dealkylation sites (tertiary alicyclic amines) is 1. The van der Waals surface area contributed by atoms with E-state index in [2.05, 4.69) is 15.2 Å². The topological polar surface area (TPSA) is 80.3 Å². The maximum atomic E-state index is 13.0. The molecule has 7 heteroatoms. The molecule has 4 aromatic rings. The highest BCUT2D eigenvalue weighted by Crippen LogP contribution is 2.29.